The second-order valence-corrected chi connectivity index (χ2v) is 5.54. The van der Waals surface area contributed by atoms with Gasteiger partial charge in [-0.2, -0.15) is 4.98 Å². The molecule has 0 saturated heterocycles. The van der Waals surface area contributed by atoms with Crippen molar-refractivity contribution >= 4 is 17.2 Å². The number of rotatable bonds is 6. The van der Waals surface area contributed by atoms with Crippen LogP contribution in [-0.4, -0.2) is 25.1 Å². The number of nitrogens with zero attached hydrogens (tertiary/aromatic N) is 5. The fraction of sp³-hybridized carbons (Fsp3) is 0.385. The molecule has 3 heterocycles. The summed E-state index contributed by atoms with van der Waals surface area (Å²) in [7, 11) is 0. The fourth-order valence-corrected chi connectivity index (χ4v) is 2.78. The first-order chi connectivity index (χ1) is 10.3. The summed E-state index contributed by atoms with van der Waals surface area (Å²) < 4.78 is 7.10. The first-order valence-electron chi connectivity index (χ1n) is 6.82. The molecule has 0 aliphatic rings. The summed E-state index contributed by atoms with van der Waals surface area (Å²) in [6.45, 7) is 2.78. The van der Waals surface area contributed by atoms with Gasteiger partial charge in [-0.05, 0) is 24.3 Å². The SMILES string of the molecule is CCc1c(N)nnn1CCCc1nc(-c2cccs2)no1. The van der Waals surface area contributed by atoms with Gasteiger partial charge in [0, 0.05) is 13.0 Å². The van der Waals surface area contributed by atoms with Crippen molar-refractivity contribution in [1.29, 1.82) is 0 Å². The third-order valence-corrected chi connectivity index (χ3v) is 4.04. The summed E-state index contributed by atoms with van der Waals surface area (Å²) in [5.74, 6) is 1.80. The van der Waals surface area contributed by atoms with Gasteiger partial charge in [-0.25, -0.2) is 4.68 Å². The van der Waals surface area contributed by atoms with Crippen molar-refractivity contribution in [2.45, 2.75) is 32.7 Å². The van der Waals surface area contributed by atoms with Crippen LogP contribution >= 0.6 is 11.3 Å². The Hall–Kier alpha value is -2.22. The highest BCUT2D eigenvalue weighted by atomic mass is 32.1. The highest BCUT2D eigenvalue weighted by molar-refractivity contribution is 7.13. The van der Waals surface area contributed by atoms with E-state index in [0.29, 0.717) is 24.0 Å². The Kier molecular flexibility index (Phi) is 3.96. The summed E-state index contributed by atoms with van der Waals surface area (Å²) in [5, 5.41) is 13.9. The lowest BCUT2D eigenvalue weighted by atomic mass is 10.3. The molecule has 2 N–H and O–H groups in total. The van der Waals surface area contributed by atoms with Gasteiger partial charge in [-0.15, -0.1) is 16.4 Å². The van der Waals surface area contributed by atoms with E-state index in [0.717, 1.165) is 30.0 Å². The van der Waals surface area contributed by atoms with Gasteiger partial charge in [0.25, 0.3) is 0 Å². The minimum Gasteiger partial charge on any atom is -0.381 e. The van der Waals surface area contributed by atoms with Crippen LogP contribution in [0.3, 0.4) is 0 Å². The van der Waals surface area contributed by atoms with Crippen molar-refractivity contribution in [1.82, 2.24) is 25.1 Å². The van der Waals surface area contributed by atoms with Crippen LogP contribution in [0, 0.1) is 0 Å². The molecule has 0 aliphatic carbocycles. The molecule has 21 heavy (non-hydrogen) atoms. The van der Waals surface area contributed by atoms with E-state index >= 15 is 0 Å². The molecule has 0 aromatic carbocycles. The van der Waals surface area contributed by atoms with Crippen LogP contribution in [0.15, 0.2) is 22.0 Å². The summed E-state index contributed by atoms with van der Waals surface area (Å²) in [5.41, 5.74) is 6.73. The summed E-state index contributed by atoms with van der Waals surface area (Å²) >= 11 is 1.60. The van der Waals surface area contributed by atoms with Crippen molar-refractivity contribution in [3.05, 3.63) is 29.1 Å². The first-order valence-corrected chi connectivity index (χ1v) is 7.70. The van der Waals surface area contributed by atoms with E-state index < -0.39 is 0 Å². The minimum absolute atomic E-state index is 0.510. The van der Waals surface area contributed by atoms with Gasteiger partial charge in [0.05, 0.1) is 10.6 Å². The number of hydrogen-bond acceptors (Lipinski definition) is 7. The molecule has 0 fully saturated rings. The van der Waals surface area contributed by atoms with E-state index in [1.807, 2.05) is 29.1 Å². The van der Waals surface area contributed by atoms with E-state index in [1.54, 1.807) is 11.3 Å². The molecule has 3 rings (SSSR count). The zero-order chi connectivity index (χ0) is 14.7. The summed E-state index contributed by atoms with van der Waals surface area (Å²) in [6, 6.07) is 3.95. The minimum atomic E-state index is 0.510. The first kappa shape index (κ1) is 13.7. The van der Waals surface area contributed by atoms with Crippen LogP contribution in [0.1, 0.15) is 24.9 Å². The Morgan fingerprint density at radius 1 is 1.43 bits per heavy atom. The summed E-state index contributed by atoms with van der Waals surface area (Å²) in [6.07, 6.45) is 2.38. The van der Waals surface area contributed by atoms with Gasteiger partial charge in [-0.3, -0.25) is 0 Å². The smallest absolute Gasteiger partial charge is 0.227 e. The van der Waals surface area contributed by atoms with Crippen molar-refractivity contribution in [2.75, 3.05) is 5.73 Å². The number of aryl methyl sites for hydroxylation is 2. The molecule has 0 saturated carbocycles. The van der Waals surface area contributed by atoms with Crippen molar-refractivity contribution in [3.8, 4) is 10.7 Å². The van der Waals surface area contributed by atoms with E-state index in [4.69, 9.17) is 10.3 Å². The Morgan fingerprint density at radius 2 is 2.33 bits per heavy atom. The van der Waals surface area contributed by atoms with E-state index in [9.17, 15) is 0 Å². The topological polar surface area (TPSA) is 95.7 Å². The van der Waals surface area contributed by atoms with E-state index in [2.05, 4.69) is 20.5 Å². The molecule has 0 aliphatic heterocycles. The van der Waals surface area contributed by atoms with Crippen LogP contribution in [0.5, 0.6) is 0 Å². The molecule has 0 atom stereocenters. The highest BCUT2D eigenvalue weighted by Crippen LogP contribution is 2.21. The van der Waals surface area contributed by atoms with Gasteiger partial charge in [0.15, 0.2) is 5.82 Å². The lowest BCUT2D eigenvalue weighted by Crippen LogP contribution is -2.06. The maximum absolute atomic E-state index is 5.76. The number of nitrogens with two attached hydrogens (primary N) is 1. The molecule has 7 nitrogen and oxygen atoms in total. The zero-order valence-corrected chi connectivity index (χ0v) is 12.5. The van der Waals surface area contributed by atoms with Crippen LogP contribution in [0.25, 0.3) is 10.7 Å². The highest BCUT2D eigenvalue weighted by Gasteiger charge is 2.11. The van der Waals surface area contributed by atoms with Crippen molar-refractivity contribution in [2.24, 2.45) is 0 Å². The van der Waals surface area contributed by atoms with Gasteiger partial charge in [-0.1, -0.05) is 23.4 Å². The third kappa shape index (κ3) is 2.94. The number of hydrogen-bond donors (Lipinski definition) is 1. The second-order valence-electron chi connectivity index (χ2n) is 4.59. The van der Waals surface area contributed by atoms with Crippen LogP contribution in [0.2, 0.25) is 0 Å². The van der Waals surface area contributed by atoms with Gasteiger partial charge in [0.1, 0.15) is 0 Å². The number of anilines is 1. The maximum Gasteiger partial charge on any atom is 0.227 e. The van der Waals surface area contributed by atoms with Crippen LogP contribution in [0.4, 0.5) is 5.82 Å². The van der Waals surface area contributed by atoms with Gasteiger partial charge >= 0.3 is 0 Å². The largest absolute Gasteiger partial charge is 0.381 e. The Balaban J connectivity index is 1.58. The quantitative estimate of drug-likeness (QED) is 0.749. The molecular formula is C13H16N6OS. The molecule has 0 spiro atoms. The van der Waals surface area contributed by atoms with Crippen LogP contribution in [-0.2, 0) is 19.4 Å². The molecule has 3 aromatic rings. The Bertz CT molecular complexity index is 702. The third-order valence-electron chi connectivity index (χ3n) is 3.17. The number of aromatic nitrogens is 5. The standard InChI is InChI=1S/C13H16N6OS/c1-2-9-12(14)16-18-19(9)7-3-6-11-15-13(17-20-11)10-5-4-8-21-10/h4-5,8H,2-3,6-7,14H2,1H3. The Labute approximate surface area is 125 Å². The molecule has 0 radical (unpaired) electrons. The maximum atomic E-state index is 5.76. The second kappa shape index (κ2) is 6.04. The molecule has 0 unspecified atom stereocenters. The predicted molar refractivity (Wildman–Crippen MR) is 79.7 cm³/mol. The van der Waals surface area contributed by atoms with E-state index in [-0.39, 0.29) is 0 Å². The normalized spacial score (nSPS) is 11.1. The molecule has 0 bridgehead atoms. The lowest BCUT2D eigenvalue weighted by Gasteiger charge is -2.03. The average molecular weight is 304 g/mol. The van der Waals surface area contributed by atoms with Crippen molar-refractivity contribution in [3.63, 3.8) is 0 Å². The monoisotopic (exact) mass is 304 g/mol. The van der Waals surface area contributed by atoms with Crippen LogP contribution < -0.4 is 5.73 Å². The molecular weight excluding hydrogens is 288 g/mol. The van der Waals surface area contributed by atoms with Crippen molar-refractivity contribution < 1.29 is 4.52 Å². The average Bonchev–Trinajstić information content (AvgIpc) is 3.19. The molecule has 8 heteroatoms. The summed E-state index contributed by atoms with van der Waals surface area (Å²) in [4.78, 5) is 5.41. The number of nitrogen functional groups attached to an aromatic ring is 1. The van der Waals surface area contributed by atoms with Gasteiger partial charge in [0.2, 0.25) is 11.7 Å². The van der Waals surface area contributed by atoms with Gasteiger partial charge < -0.3 is 10.3 Å². The molecule has 0 amide bonds. The van der Waals surface area contributed by atoms with E-state index in [1.165, 1.54) is 0 Å². The lowest BCUT2D eigenvalue weighted by molar-refractivity contribution is 0.370. The number of thiophene rings is 1. The fourth-order valence-electron chi connectivity index (χ4n) is 2.13. The zero-order valence-electron chi connectivity index (χ0n) is 11.7. The molecule has 110 valence electrons. The Morgan fingerprint density at radius 3 is 3.10 bits per heavy atom. The molecule has 3 aromatic heterocycles. The predicted octanol–water partition coefficient (Wildman–Crippen LogP) is 2.17.